The highest BCUT2D eigenvalue weighted by Gasteiger charge is 2.34. The summed E-state index contributed by atoms with van der Waals surface area (Å²) in [6.45, 7) is 1.12. The Hall–Kier alpha value is -2.40. The molecule has 1 amide bonds. The van der Waals surface area contributed by atoms with Crippen LogP contribution in [0.5, 0.6) is 0 Å². The van der Waals surface area contributed by atoms with E-state index in [0.29, 0.717) is 37.5 Å². The topological polar surface area (TPSA) is 63.1 Å². The molecule has 2 unspecified atom stereocenters. The van der Waals surface area contributed by atoms with E-state index in [1.165, 1.54) is 12.8 Å². The summed E-state index contributed by atoms with van der Waals surface area (Å²) in [5.74, 6) is 0.677. The molecule has 3 heterocycles. The Morgan fingerprint density at radius 2 is 1.74 bits per heavy atom. The first-order chi connectivity index (χ1) is 13.2. The van der Waals surface area contributed by atoms with Crippen LogP contribution in [-0.4, -0.2) is 22.6 Å². The van der Waals surface area contributed by atoms with Gasteiger partial charge in [-0.2, -0.15) is 0 Å². The Balaban J connectivity index is 1.25. The molecule has 2 aliphatic heterocycles. The van der Waals surface area contributed by atoms with Gasteiger partial charge in [0.15, 0.2) is 0 Å². The third-order valence-electron chi connectivity index (χ3n) is 5.81. The molecule has 2 saturated heterocycles. The van der Waals surface area contributed by atoms with E-state index >= 15 is 0 Å². The van der Waals surface area contributed by atoms with Crippen molar-refractivity contribution in [3.63, 3.8) is 0 Å². The van der Waals surface area contributed by atoms with Gasteiger partial charge < -0.3 is 15.2 Å². The largest absolute Gasteiger partial charge is 0.352 e. The number of carbonyl (C=O) groups excluding carboxylic acids is 1. The summed E-state index contributed by atoms with van der Waals surface area (Å²) in [4.78, 5) is 24.1. The second kappa shape index (κ2) is 8.09. The van der Waals surface area contributed by atoms with Crippen LogP contribution in [0.3, 0.4) is 0 Å². The van der Waals surface area contributed by atoms with Gasteiger partial charge >= 0.3 is 0 Å². The monoisotopic (exact) mass is 365 g/mol. The molecule has 1 aromatic carbocycles. The van der Waals surface area contributed by atoms with Crippen LogP contribution in [0.4, 0.5) is 0 Å². The van der Waals surface area contributed by atoms with Gasteiger partial charge in [-0.25, -0.2) is 0 Å². The molecule has 0 saturated carbocycles. The van der Waals surface area contributed by atoms with E-state index in [1.54, 1.807) is 22.9 Å². The zero-order valence-corrected chi connectivity index (χ0v) is 15.6. The second-order valence-electron chi connectivity index (χ2n) is 7.94. The van der Waals surface area contributed by atoms with Gasteiger partial charge in [0, 0.05) is 37.3 Å². The molecule has 27 heavy (non-hydrogen) atoms. The molecule has 2 bridgehead atoms. The van der Waals surface area contributed by atoms with Crippen LogP contribution < -0.4 is 16.2 Å². The predicted octanol–water partition coefficient (Wildman–Crippen LogP) is 2.43. The molecule has 142 valence electrons. The maximum Gasteiger partial charge on any atom is 0.250 e. The molecule has 0 spiro atoms. The zero-order chi connectivity index (χ0) is 18.6. The van der Waals surface area contributed by atoms with Crippen LogP contribution >= 0.6 is 0 Å². The number of fused-ring (bicyclic) bond motifs is 2. The number of benzene rings is 1. The highest BCUT2D eigenvalue weighted by Crippen LogP contribution is 2.32. The van der Waals surface area contributed by atoms with Crippen LogP contribution in [0, 0.1) is 5.92 Å². The Morgan fingerprint density at radius 1 is 1.04 bits per heavy atom. The van der Waals surface area contributed by atoms with E-state index in [1.807, 2.05) is 30.3 Å². The fourth-order valence-corrected chi connectivity index (χ4v) is 4.43. The standard InChI is InChI=1S/C22H27N3O2/c26-21(13-18-11-19-8-9-20(12-18)24-19)23-14-16-4-6-17(7-5-16)15-25-10-2-1-3-22(25)27/h1-7,10,18-20,24H,8-9,11-15H2,(H,23,26). The van der Waals surface area contributed by atoms with Gasteiger partial charge in [0.25, 0.3) is 5.56 Å². The fourth-order valence-electron chi connectivity index (χ4n) is 4.43. The number of carbonyl (C=O) groups is 1. The lowest BCUT2D eigenvalue weighted by molar-refractivity contribution is -0.122. The molecule has 2 fully saturated rings. The highest BCUT2D eigenvalue weighted by molar-refractivity contribution is 5.76. The number of hydrogen-bond donors (Lipinski definition) is 2. The lowest BCUT2D eigenvalue weighted by Gasteiger charge is -2.28. The van der Waals surface area contributed by atoms with E-state index in [2.05, 4.69) is 10.6 Å². The van der Waals surface area contributed by atoms with E-state index in [0.717, 1.165) is 24.0 Å². The van der Waals surface area contributed by atoms with Gasteiger partial charge in [0.2, 0.25) is 5.91 Å². The van der Waals surface area contributed by atoms with Crippen molar-refractivity contribution < 1.29 is 4.79 Å². The van der Waals surface area contributed by atoms with E-state index in [9.17, 15) is 9.59 Å². The van der Waals surface area contributed by atoms with Gasteiger partial charge in [0.05, 0.1) is 6.54 Å². The van der Waals surface area contributed by atoms with Crippen molar-refractivity contribution in [1.82, 2.24) is 15.2 Å². The maximum absolute atomic E-state index is 12.3. The van der Waals surface area contributed by atoms with Crippen LogP contribution in [0.1, 0.15) is 43.2 Å². The number of rotatable bonds is 6. The molecule has 2 N–H and O–H groups in total. The molecule has 0 aliphatic carbocycles. The van der Waals surface area contributed by atoms with Gasteiger partial charge in [-0.1, -0.05) is 30.3 Å². The summed E-state index contributed by atoms with van der Waals surface area (Å²) in [5.41, 5.74) is 2.15. The average molecular weight is 365 g/mol. The molecule has 5 heteroatoms. The number of pyridine rings is 1. The van der Waals surface area contributed by atoms with Crippen molar-refractivity contribution in [3.05, 3.63) is 70.1 Å². The fraction of sp³-hybridized carbons (Fsp3) is 0.455. The number of piperidine rings is 1. The van der Waals surface area contributed by atoms with Crippen molar-refractivity contribution in [2.45, 2.75) is 57.3 Å². The van der Waals surface area contributed by atoms with Crippen molar-refractivity contribution in [1.29, 1.82) is 0 Å². The molecule has 2 aromatic rings. The number of hydrogen-bond acceptors (Lipinski definition) is 3. The van der Waals surface area contributed by atoms with Crippen molar-refractivity contribution in [2.75, 3.05) is 0 Å². The third kappa shape index (κ3) is 4.66. The first-order valence-corrected chi connectivity index (χ1v) is 9.92. The Kier molecular flexibility index (Phi) is 5.39. The van der Waals surface area contributed by atoms with Gasteiger partial charge in [-0.15, -0.1) is 0 Å². The first kappa shape index (κ1) is 18.0. The summed E-state index contributed by atoms with van der Waals surface area (Å²) >= 11 is 0. The summed E-state index contributed by atoms with van der Waals surface area (Å²) in [5, 5.41) is 6.68. The van der Waals surface area contributed by atoms with Crippen LogP contribution in [0.15, 0.2) is 53.5 Å². The lowest BCUT2D eigenvalue weighted by atomic mass is 9.89. The number of nitrogens with one attached hydrogen (secondary N) is 2. The Morgan fingerprint density at radius 3 is 2.44 bits per heavy atom. The minimum Gasteiger partial charge on any atom is -0.352 e. The van der Waals surface area contributed by atoms with E-state index in [-0.39, 0.29) is 11.5 Å². The number of aromatic nitrogens is 1. The molecule has 0 radical (unpaired) electrons. The molecule has 4 rings (SSSR count). The third-order valence-corrected chi connectivity index (χ3v) is 5.81. The SMILES string of the molecule is O=C(CC1CC2CCC(C1)N2)NCc1ccc(Cn2ccccc2=O)cc1. The summed E-state index contributed by atoms with van der Waals surface area (Å²) in [7, 11) is 0. The Labute approximate surface area is 159 Å². The molecular formula is C22H27N3O2. The highest BCUT2D eigenvalue weighted by atomic mass is 16.1. The van der Waals surface area contributed by atoms with E-state index in [4.69, 9.17) is 0 Å². The summed E-state index contributed by atoms with van der Waals surface area (Å²) < 4.78 is 1.68. The number of nitrogens with zero attached hydrogens (tertiary/aromatic N) is 1. The molecule has 1 aromatic heterocycles. The van der Waals surface area contributed by atoms with Gasteiger partial charge in [-0.05, 0) is 48.8 Å². The summed E-state index contributed by atoms with van der Waals surface area (Å²) in [6, 6.07) is 14.5. The normalized spacial score (nSPS) is 23.9. The van der Waals surface area contributed by atoms with Crippen LogP contribution in [0.25, 0.3) is 0 Å². The molecule has 2 atom stereocenters. The molecule has 5 nitrogen and oxygen atoms in total. The van der Waals surface area contributed by atoms with Crippen LogP contribution in [-0.2, 0) is 17.9 Å². The Bertz CT molecular complexity index is 831. The molecular weight excluding hydrogens is 338 g/mol. The van der Waals surface area contributed by atoms with E-state index < -0.39 is 0 Å². The van der Waals surface area contributed by atoms with Gasteiger partial charge in [-0.3, -0.25) is 9.59 Å². The maximum atomic E-state index is 12.3. The van der Waals surface area contributed by atoms with Gasteiger partial charge in [0.1, 0.15) is 0 Å². The predicted molar refractivity (Wildman–Crippen MR) is 105 cm³/mol. The minimum absolute atomic E-state index is 0.000175. The van der Waals surface area contributed by atoms with Crippen LogP contribution in [0.2, 0.25) is 0 Å². The average Bonchev–Trinajstić information content (AvgIpc) is 3.01. The molecule has 2 aliphatic rings. The first-order valence-electron chi connectivity index (χ1n) is 9.92. The smallest absolute Gasteiger partial charge is 0.250 e. The zero-order valence-electron chi connectivity index (χ0n) is 15.6. The lowest BCUT2D eigenvalue weighted by Crippen LogP contribution is -2.39. The summed E-state index contributed by atoms with van der Waals surface area (Å²) in [6.07, 6.45) is 7.25. The quantitative estimate of drug-likeness (QED) is 0.826. The van der Waals surface area contributed by atoms with Crippen molar-refractivity contribution in [2.24, 2.45) is 5.92 Å². The number of amides is 1. The minimum atomic E-state index is 0.000175. The van der Waals surface area contributed by atoms with Crippen molar-refractivity contribution in [3.8, 4) is 0 Å². The van der Waals surface area contributed by atoms with Crippen molar-refractivity contribution >= 4 is 5.91 Å². The second-order valence-corrected chi connectivity index (χ2v) is 7.94.